The van der Waals surface area contributed by atoms with Crippen LogP contribution in [0.3, 0.4) is 0 Å². The zero-order chi connectivity index (χ0) is 13.7. The summed E-state index contributed by atoms with van der Waals surface area (Å²) in [7, 11) is 0. The number of amides is 1. The highest BCUT2D eigenvalue weighted by Crippen LogP contribution is 2.15. The molecule has 3 nitrogen and oxygen atoms in total. The maximum absolute atomic E-state index is 12.1. The van der Waals surface area contributed by atoms with E-state index in [9.17, 15) is 4.79 Å². The van der Waals surface area contributed by atoms with Gasteiger partial charge in [0.2, 0.25) is 0 Å². The Morgan fingerprint density at radius 2 is 1.95 bits per heavy atom. The molecule has 0 aliphatic heterocycles. The van der Waals surface area contributed by atoms with Gasteiger partial charge in [0.05, 0.1) is 0 Å². The molecule has 0 aliphatic carbocycles. The number of benzene rings is 2. The standard InChI is InChI=1S/C16H20N2O/c1-12(5-4-10-17)18-16(19)15-9-8-13-6-2-3-7-14(13)11-15/h2-3,6-9,11-12H,4-5,10,17H2,1H3,(H,18,19). The molecule has 100 valence electrons. The van der Waals surface area contributed by atoms with Crippen LogP contribution in [0.5, 0.6) is 0 Å². The molecule has 2 aromatic carbocycles. The van der Waals surface area contributed by atoms with Gasteiger partial charge >= 0.3 is 0 Å². The van der Waals surface area contributed by atoms with Crippen LogP contribution in [0.15, 0.2) is 42.5 Å². The molecule has 3 heteroatoms. The molecule has 0 radical (unpaired) electrons. The van der Waals surface area contributed by atoms with Crippen LogP contribution >= 0.6 is 0 Å². The number of fused-ring (bicyclic) bond motifs is 1. The molecule has 19 heavy (non-hydrogen) atoms. The lowest BCUT2D eigenvalue weighted by atomic mass is 10.1. The maximum Gasteiger partial charge on any atom is 0.251 e. The molecule has 1 unspecified atom stereocenters. The Kier molecular flexibility index (Phi) is 4.53. The summed E-state index contributed by atoms with van der Waals surface area (Å²) >= 11 is 0. The van der Waals surface area contributed by atoms with Crippen molar-refractivity contribution in [3.05, 3.63) is 48.0 Å². The lowest BCUT2D eigenvalue weighted by Gasteiger charge is -2.13. The monoisotopic (exact) mass is 256 g/mol. The number of hydrogen-bond acceptors (Lipinski definition) is 2. The fraction of sp³-hybridized carbons (Fsp3) is 0.312. The van der Waals surface area contributed by atoms with Crippen LogP contribution in [0, 0.1) is 0 Å². The molecule has 0 spiro atoms. The van der Waals surface area contributed by atoms with Crippen molar-refractivity contribution in [2.75, 3.05) is 6.54 Å². The molecule has 0 aliphatic rings. The van der Waals surface area contributed by atoms with E-state index in [2.05, 4.69) is 5.32 Å². The first-order chi connectivity index (χ1) is 9.20. The van der Waals surface area contributed by atoms with Gasteiger partial charge in [-0.25, -0.2) is 0 Å². The zero-order valence-corrected chi connectivity index (χ0v) is 11.2. The minimum absolute atomic E-state index is 0.0183. The van der Waals surface area contributed by atoms with E-state index in [0.29, 0.717) is 12.1 Å². The molecule has 0 aromatic heterocycles. The summed E-state index contributed by atoms with van der Waals surface area (Å²) in [5.41, 5.74) is 6.18. The van der Waals surface area contributed by atoms with Crippen LogP contribution in [-0.2, 0) is 0 Å². The average Bonchev–Trinajstić information content (AvgIpc) is 2.44. The summed E-state index contributed by atoms with van der Waals surface area (Å²) in [4.78, 5) is 12.1. The van der Waals surface area contributed by atoms with Crippen molar-refractivity contribution in [1.82, 2.24) is 5.32 Å². The molecular weight excluding hydrogens is 236 g/mol. The van der Waals surface area contributed by atoms with E-state index < -0.39 is 0 Å². The second kappa shape index (κ2) is 6.34. The van der Waals surface area contributed by atoms with Crippen LogP contribution in [0.2, 0.25) is 0 Å². The molecule has 0 fully saturated rings. The van der Waals surface area contributed by atoms with E-state index in [4.69, 9.17) is 5.73 Å². The third kappa shape index (κ3) is 3.55. The van der Waals surface area contributed by atoms with Gasteiger partial charge in [-0.3, -0.25) is 4.79 Å². The van der Waals surface area contributed by atoms with Crippen molar-refractivity contribution >= 4 is 16.7 Å². The molecule has 0 saturated heterocycles. The lowest BCUT2D eigenvalue weighted by Crippen LogP contribution is -2.32. The first-order valence-electron chi connectivity index (χ1n) is 6.70. The van der Waals surface area contributed by atoms with Gasteiger partial charge < -0.3 is 11.1 Å². The van der Waals surface area contributed by atoms with Gasteiger partial charge in [0.25, 0.3) is 5.91 Å². The fourth-order valence-electron chi connectivity index (χ4n) is 2.13. The van der Waals surface area contributed by atoms with Crippen molar-refractivity contribution in [1.29, 1.82) is 0 Å². The predicted molar refractivity (Wildman–Crippen MR) is 79.2 cm³/mol. The number of carbonyl (C=O) groups is 1. The SMILES string of the molecule is CC(CCCN)NC(=O)c1ccc2ccccc2c1. The molecular formula is C16H20N2O. The summed E-state index contributed by atoms with van der Waals surface area (Å²) in [6.45, 7) is 2.67. The zero-order valence-electron chi connectivity index (χ0n) is 11.2. The molecule has 2 rings (SSSR count). The number of hydrogen-bond donors (Lipinski definition) is 2. The van der Waals surface area contributed by atoms with Gasteiger partial charge in [-0.1, -0.05) is 30.3 Å². The van der Waals surface area contributed by atoms with Gasteiger partial charge in [0.15, 0.2) is 0 Å². The van der Waals surface area contributed by atoms with Crippen LogP contribution < -0.4 is 11.1 Å². The minimum atomic E-state index is -0.0183. The maximum atomic E-state index is 12.1. The third-order valence-electron chi connectivity index (χ3n) is 3.23. The van der Waals surface area contributed by atoms with Gasteiger partial charge in [0.1, 0.15) is 0 Å². The number of carbonyl (C=O) groups excluding carboxylic acids is 1. The topological polar surface area (TPSA) is 55.1 Å². The van der Waals surface area contributed by atoms with Crippen LogP contribution in [0.25, 0.3) is 10.8 Å². The summed E-state index contributed by atoms with van der Waals surface area (Å²) in [6, 6.07) is 14.0. The molecule has 1 atom stereocenters. The molecule has 0 heterocycles. The summed E-state index contributed by atoms with van der Waals surface area (Å²) in [5.74, 6) is -0.0183. The highest BCUT2D eigenvalue weighted by molar-refractivity contribution is 5.98. The second-order valence-electron chi connectivity index (χ2n) is 4.87. The Hall–Kier alpha value is -1.87. The molecule has 0 bridgehead atoms. The minimum Gasteiger partial charge on any atom is -0.350 e. The van der Waals surface area contributed by atoms with E-state index >= 15 is 0 Å². The van der Waals surface area contributed by atoms with Gasteiger partial charge in [0, 0.05) is 11.6 Å². The Morgan fingerprint density at radius 1 is 1.21 bits per heavy atom. The van der Waals surface area contributed by atoms with Gasteiger partial charge in [-0.2, -0.15) is 0 Å². The predicted octanol–water partition coefficient (Wildman–Crippen LogP) is 2.70. The average molecular weight is 256 g/mol. The molecule has 0 saturated carbocycles. The molecule has 2 aromatic rings. The van der Waals surface area contributed by atoms with Gasteiger partial charge in [-0.15, -0.1) is 0 Å². The number of nitrogens with two attached hydrogens (primary N) is 1. The summed E-state index contributed by atoms with van der Waals surface area (Å²) < 4.78 is 0. The first kappa shape index (κ1) is 13.6. The van der Waals surface area contributed by atoms with E-state index in [-0.39, 0.29) is 11.9 Å². The highest BCUT2D eigenvalue weighted by Gasteiger charge is 2.09. The number of rotatable bonds is 5. The van der Waals surface area contributed by atoms with Crippen molar-refractivity contribution in [3.63, 3.8) is 0 Å². The smallest absolute Gasteiger partial charge is 0.251 e. The summed E-state index contributed by atoms with van der Waals surface area (Å²) in [6.07, 6.45) is 1.84. The Morgan fingerprint density at radius 3 is 2.68 bits per heavy atom. The van der Waals surface area contributed by atoms with Crippen LogP contribution in [0.1, 0.15) is 30.1 Å². The van der Waals surface area contributed by atoms with Gasteiger partial charge in [-0.05, 0) is 49.2 Å². The fourth-order valence-corrected chi connectivity index (χ4v) is 2.13. The first-order valence-corrected chi connectivity index (χ1v) is 6.70. The Balaban J connectivity index is 2.08. The van der Waals surface area contributed by atoms with E-state index in [1.54, 1.807) is 0 Å². The third-order valence-corrected chi connectivity index (χ3v) is 3.23. The van der Waals surface area contributed by atoms with Crippen LogP contribution in [-0.4, -0.2) is 18.5 Å². The second-order valence-corrected chi connectivity index (χ2v) is 4.87. The van der Waals surface area contributed by atoms with Crippen molar-refractivity contribution in [2.24, 2.45) is 5.73 Å². The Labute approximate surface area is 113 Å². The largest absolute Gasteiger partial charge is 0.350 e. The van der Waals surface area contributed by atoms with Crippen LogP contribution in [0.4, 0.5) is 0 Å². The molecule has 1 amide bonds. The van der Waals surface area contributed by atoms with Crippen molar-refractivity contribution < 1.29 is 4.79 Å². The summed E-state index contributed by atoms with van der Waals surface area (Å²) in [5, 5.41) is 5.24. The number of nitrogens with one attached hydrogen (secondary N) is 1. The Bertz CT molecular complexity index is 565. The van der Waals surface area contributed by atoms with E-state index in [1.807, 2.05) is 49.4 Å². The van der Waals surface area contributed by atoms with Crippen molar-refractivity contribution in [2.45, 2.75) is 25.8 Å². The lowest BCUT2D eigenvalue weighted by molar-refractivity contribution is 0.0938. The highest BCUT2D eigenvalue weighted by atomic mass is 16.1. The van der Waals surface area contributed by atoms with E-state index in [0.717, 1.165) is 23.6 Å². The van der Waals surface area contributed by atoms with Crippen molar-refractivity contribution in [3.8, 4) is 0 Å². The molecule has 3 N–H and O–H groups in total. The normalized spacial score (nSPS) is 12.3. The van der Waals surface area contributed by atoms with E-state index in [1.165, 1.54) is 0 Å². The quantitative estimate of drug-likeness (QED) is 0.864.